The van der Waals surface area contributed by atoms with Gasteiger partial charge in [0, 0.05) is 19.0 Å². The lowest BCUT2D eigenvalue weighted by Gasteiger charge is -2.43. The number of halogens is 2. The highest BCUT2D eigenvalue weighted by atomic mass is 35.5. The summed E-state index contributed by atoms with van der Waals surface area (Å²) in [5.41, 5.74) is 0. The number of alkyl halides is 2. The van der Waals surface area contributed by atoms with E-state index in [1.165, 1.54) is 0 Å². The second-order valence-electron chi connectivity index (χ2n) is 2.84. The second kappa shape index (κ2) is 3.71. The third-order valence-electron chi connectivity index (χ3n) is 1.71. The summed E-state index contributed by atoms with van der Waals surface area (Å²) in [5, 5.41) is 0. The van der Waals surface area contributed by atoms with Crippen LogP contribution in [0.15, 0.2) is 0 Å². The summed E-state index contributed by atoms with van der Waals surface area (Å²) < 4.78 is 4.77. The molecule has 1 amide bonds. The third kappa shape index (κ3) is 1.96. The molecule has 5 heteroatoms. The first kappa shape index (κ1) is 9.93. The van der Waals surface area contributed by atoms with Crippen LogP contribution >= 0.6 is 23.2 Å². The lowest BCUT2D eigenvalue weighted by atomic mass is 10.0. The van der Waals surface area contributed by atoms with Gasteiger partial charge in [0.05, 0.1) is 11.5 Å². The fraction of sp³-hybridized carbons (Fsp3) is 0.857. The van der Waals surface area contributed by atoms with E-state index in [1.54, 1.807) is 11.8 Å². The number of carbonyl (C=O) groups is 1. The Labute approximate surface area is 81.6 Å². The molecule has 70 valence electrons. The molecular formula is C7H11Cl2NO2. The maximum absolute atomic E-state index is 11.0. The van der Waals surface area contributed by atoms with Crippen molar-refractivity contribution in [3.05, 3.63) is 0 Å². The minimum absolute atomic E-state index is 0.307. The molecule has 1 saturated heterocycles. The molecule has 0 aromatic heterocycles. The Hall–Kier alpha value is -0.150. The summed E-state index contributed by atoms with van der Waals surface area (Å²) in [6, 6.07) is 0. The molecule has 1 fully saturated rings. The Balaban J connectivity index is 2.29. The molecule has 0 atom stereocenters. The molecule has 3 nitrogen and oxygen atoms in total. The molecule has 1 heterocycles. The van der Waals surface area contributed by atoms with Gasteiger partial charge in [0.2, 0.25) is 0 Å². The molecule has 0 radical (unpaired) electrons. The SMILES string of the molecule is CCOC(=O)N1CC(Cl)(CCl)C1. The zero-order chi connectivity index (χ0) is 9.19. The monoisotopic (exact) mass is 211 g/mol. The summed E-state index contributed by atoms with van der Waals surface area (Å²) >= 11 is 11.5. The molecule has 0 bridgehead atoms. The van der Waals surface area contributed by atoms with Crippen LogP contribution in [0.4, 0.5) is 4.79 Å². The smallest absolute Gasteiger partial charge is 0.409 e. The summed E-state index contributed by atoms with van der Waals surface area (Å²) in [7, 11) is 0. The van der Waals surface area contributed by atoms with Crippen molar-refractivity contribution in [3.8, 4) is 0 Å². The van der Waals surface area contributed by atoms with Crippen LogP contribution in [0.3, 0.4) is 0 Å². The summed E-state index contributed by atoms with van der Waals surface area (Å²) in [5.74, 6) is 0.366. The van der Waals surface area contributed by atoms with E-state index in [9.17, 15) is 4.79 Å². The molecule has 0 aromatic carbocycles. The number of likely N-dealkylation sites (tertiary alicyclic amines) is 1. The van der Waals surface area contributed by atoms with E-state index in [0.29, 0.717) is 25.6 Å². The molecule has 0 aromatic rings. The molecule has 0 unspecified atom stereocenters. The van der Waals surface area contributed by atoms with E-state index in [-0.39, 0.29) is 6.09 Å². The van der Waals surface area contributed by atoms with Crippen molar-refractivity contribution in [1.82, 2.24) is 4.90 Å². The Kier molecular flexibility index (Phi) is 3.07. The fourth-order valence-electron chi connectivity index (χ4n) is 1.07. The van der Waals surface area contributed by atoms with Crippen LogP contribution < -0.4 is 0 Å². The number of amides is 1. The first-order valence-electron chi connectivity index (χ1n) is 3.78. The second-order valence-corrected chi connectivity index (χ2v) is 3.91. The van der Waals surface area contributed by atoms with Gasteiger partial charge in [0.15, 0.2) is 0 Å². The Morgan fingerprint density at radius 3 is 2.67 bits per heavy atom. The predicted octanol–water partition coefficient (Wildman–Crippen LogP) is 1.67. The van der Waals surface area contributed by atoms with Gasteiger partial charge in [-0.15, -0.1) is 23.2 Å². The van der Waals surface area contributed by atoms with Gasteiger partial charge in [-0.2, -0.15) is 0 Å². The predicted molar refractivity (Wildman–Crippen MR) is 47.9 cm³/mol. The largest absolute Gasteiger partial charge is 0.450 e. The van der Waals surface area contributed by atoms with Crippen LogP contribution in [-0.4, -0.2) is 41.4 Å². The summed E-state index contributed by atoms with van der Waals surface area (Å²) in [6.07, 6.45) is -0.307. The molecule has 12 heavy (non-hydrogen) atoms. The molecular weight excluding hydrogens is 201 g/mol. The number of nitrogens with zero attached hydrogens (tertiary/aromatic N) is 1. The van der Waals surface area contributed by atoms with Crippen LogP contribution in [0.2, 0.25) is 0 Å². The highest BCUT2D eigenvalue weighted by molar-refractivity contribution is 6.31. The average Bonchev–Trinajstić information content (AvgIpc) is 1.99. The van der Waals surface area contributed by atoms with Crippen LogP contribution in [0.25, 0.3) is 0 Å². The molecule has 0 saturated carbocycles. The van der Waals surface area contributed by atoms with Gasteiger partial charge >= 0.3 is 6.09 Å². The Morgan fingerprint density at radius 1 is 1.67 bits per heavy atom. The van der Waals surface area contributed by atoms with E-state index in [1.807, 2.05) is 0 Å². The average molecular weight is 212 g/mol. The van der Waals surface area contributed by atoms with Gasteiger partial charge in [-0.25, -0.2) is 4.79 Å². The highest BCUT2D eigenvalue weighted by Crippen LogP contribution is 2.29. The zero-order valence-electron chi connectivity index (χ0n) is 6.85. The minimum Gasteiger partial charge on any atom is -0.450 e. The van der Waals surface area contributed by atoms with Gasteiger partial charge in [-0.1, -0.05) is 0 Å². The first-order chi connectivity index (χ1) is 5.61. The normalized spacial score (nSPS) is 20.1. The van der Waals surface area contributed by atoms with Crippen molar-refractivity contribution >= 4 is 29.3 Å². The zero-order valence-corrected chi connectivity index (χ0v) is 8.36. The molecule has 1 aliphatic rings. The maximum Gasteiger partial charge on any atom is 0.409 e. The van der Waals surface area contributed by atoms with Crippen molar-refractivity contribution < 1.29 is 9.53 Å². The van der Waals surface area contributed by atoms with E-state index in [0.717, 1.165) is 0 Å². The highest BCUT2D eigenvalue weighted by Gasteiger charge is 2.43. The van der Waals surface area contributed by atoms with Crippen LogP contribution in [0.5, 0.6) is 0 Å². The van der Waals surface area contributed by atoms with Crippen LogP contribution in [0, 0.1) is 0 Å². The Bertz CT molecular complexity index is 180. The van der Waals surface area contributed by atoms with Crippen molar-refractivity contribution in [1.29, 1.82) is 0 Å². The number of rotatable bonds is 2. The van der Waals surface area contributed by atoms with E-state index >= 15 is 0 Å². The fourth-order valence-corrected chi connectivity index (χ4v) is 1.52. The number of hydrogen-bond acceptors (Lipinski definition) is 2. The third-order valence-corrected chi connectivity index (χ3v) is 2.74. The number of ether oxygens (including phenoxy) is 1. The summed E-state index contributed by atoms with van der Waals surface area (Å²) in [4.78, 5) is 12.1. The van der Waals surface area contributed by atoms with Gasteiger partial charge in [-0.3, -0.25) is 0 Å². The molecule has 0 spiro atoms. The molecule has 1 rings (SSSR count). The molecule has 0 aliphatic carbocycles. The van der Waals surface area contributed by atoms with E-state index in [4.69, 9.17) is 27.9 Å². The van der Waals surface area contributed by atoms with Gasteiger partial charge in [0.1, 0.15) is 0 Å². The van der Waals surface area contributed by atoms with Crippen molar-refractivity contribution in [2.24, 2.45) is 0 Å². The lowest BCUT2D eigenvalue weighted by molar-refractivity contribution is 0.0706. The van der Waals surface area contributed by atoms with Gasteiger partial charge in [0.25, 0.3) is 0 Å². The van der Waals surface area contributed by atoms with Crippen LogP contribution in [0.1, 0.15) is 6.92 Å². The molecule has 0 N–H and O–H groups in total. The maximum atomic E-state index is 11.0. The molecule has 1 aliphatic heterocycles. The Morgan fingerprint density at radius 2 is 2.25 bits per heavy atom. The number of hydrogen-bond donors (Lipinski definition) is 0. The van der Waals surface area contributed by atoms with Gasteiger partial charge < -0.3 is 9.64 Å². The van der Waals surface area contributed by atoms with E-state index in [2.05, 4.69) is 0 Å². The minimum atomic E-state index is -0.422. The lowest BCUT2D eigenvalue weighted by Crippen LogP contribution is -2.61. The quantitative estimate of drug-likeness (QED) is 0.651. The van der Waals surface area contributed by atoms with Gasteiger partial charge in [-0.05, 0) is 6.92 Å². The standard InChI is InChI=1S/C7H11Cl2NO2/c1-2-12-6(11)10-4-7(9,3-8)5-10/h2-5H2,1H3. The van der Waals surface area contributed by atoms with Crippen molar-refractivity contribution in [2.75, 3.05) is 25.6 Å². The first-order valence-corrected chi connectivity index (χ1v) is 4.69. The van der Waals surface area contributed by atoms with Crippen LogP contribution in [-0.2, 0) is 4.74 Å². The summed E-state index contributed by atoms with van der Waals surface area (Å²) in [6.45, 7) is 3.13. The number of carbonyl (C=O) groups excluding carboxylic acids is 1. The van der Waals surface area contributed by atoms with Crippen molar-refractivity contribution in [3.63, 3.8) is 0 Å². The topological polar surface area (TPSA) is 29.5 Å². The van der Waals surface area contributed by atoms with Crippen molar-refractivity contribution in [2.45, 2.75) is 11.8 Å². The van der Waals surface area contributed by atoms with E-state index < -0.39 is 4.87 Å².